The Balaban J connectivity index is 1.37. The quantitative estimate of drug-likeness (QED) is 0.570. The van der Waals surface area contributed by atoms with E-state index < -0.39 is 0 Å². The number of piperidine rings is 1. The number of benzene rings is 2. The average Bonchev–Trinajstić information content (AvgIpc) is 2.81. The van der Waals surface area contributed by atoms with Gasteiger partial charge in [0.05, 0.1) is 12.8 Å². The molecule has 32 heavy (non-hydrogen) atoms. The maximum absolute atomic E-state index is 5.45. The molecule has 0 bridgehead atoms. The normalized spacial score (nSPS) is 15.4. The molecule has 6 nitrogen and oxygen atoms in total. The van der Waals surface area contributed by atoms with Crippen LogP contribution in [0.15, 0.2) is 42.5 Å². The number of hydrogen-bond donors (Lipinski definition) is 1. The van der Waals surface area contributed by atoms with Gasteiger partial charge in [0.2, 0.25) is 0 Å². The zero-order valence-electron chi connectivity index (χ0n) is 19.8. The maximum Gasteiger partial charge on any atom is 0.156 e. The molecule has 0 unspecified atom stereocenters. The molecule has 170 valence electrons. The first-order valence-corrected chi connectivity index (χ1v) is 11.6. The summed E-state index contributed by atoms with van der Waals surface area (Å²) in [5, 5.41) is 14.9. The van der Waals surface area contributed by atoms with E-state index >= 15 is 0 Å². The molecular weight excluding hydrogens is 398 g/mol. The Kier molecular flexibility index (Phi) is 7.22. The van der Waals surface area contributed by atoms with Crippen LogP contribution in [-0.2, 0) is 19.5 Å². The highest BCUT2D eigenvalue weighted by molar-refractivity contribution is 5.94. The molecule has 2 aromatic carbocycles. The molecule has 1 saturated heterocycles. The molecule has 2 heterocycles. The van der Waals surface area contributed by atoms with Crippen LogP contribution < -0.4 is 10.1 Å². The van der Waals surface area contributed by atoms with Gasteiger partial charge in [-0.2, -0.15) is 5.10 Å². The third kappa shape index (κ3) is 5.37. The second kappa shape index (κ2) is 10.3. The Morgan fingerprint density at radius 2 is 1.72 bits per heavy atom. The lowest BCUT2D eigenvalue weighted by molar-refractivity contribution is 0.211. The predicted octanol–water partition coefficient (Wildman–Crippen LogP) is 4.34. The van der Waals surface area contributed by atoms with Crippen LogP contribution in [0.5, 0.6) is 5.75 Å². The summed E-state index contributed by atoms with van der Waals surface area (Å²) in [6, 6.07) is 15.6. The summed E-state index contributed by atoms with van der Waals surface area (Å²) in [5.74, 6) is 1.72. The van der Waals surface area contributed by atoms with Gasteiger partial charge >= 0.3 is 0 Å². The van der Waals surface area contributed by atoms with Gasteiger partial charge in [0.1, 0.15) is 5.75 Å². The van der Waals surface area contributed by atoms with Crippen molar-refractivity contribution in [3.63, 3.8) is 0 Å². The largest absolute Gasteiger partial charge is 0.497 e. The number of methoxy groups -OCH3 is 1. The van der Waals surface area contributed by atoms with Crippen LogP contribution in [0.1, 0.15) is 36.6 Å². The Hall–Kier alpha value is -2.70. The molecular formula is C26H35N5O. The first-order valence-electron chi connectivity index (χ1n) is 11.6. The van der Waals surface area contributed by atoms with E-state index in [2.05, 4.69) is 82.7 Å². The lowest BCUT2D eigenvalue weighted by Gasteiger charge is -2.32. The summed E-state index contributed by atoms with van der Waals surface area (Å²) in [6.45, 7) is 6.28. The van der Waals surface area contributed by atoms with Crippen LogP contribution in [0.2, 0.25) is 0 Å². The number of nitrogens with one attached hydrogen (secondary N) is 1. The molecule has 4 rings (SSSR count). The molecule has 1 aromatic heterocycles. The summed E-state index contributed by atoms with van der Waals surface area (Å²) < 4.78 is 5.45. The van der Waals surface area contributed by atoms with E-state index in [-0.39, 0.29) is 0 Å². The number of hydrogen-bond acceptors (Lipinski definition) is 6. The molecule has 0 spiro atoms. The van der Waals surface area contributed by atoms with Crippen LogP contribution in [0, 0.1) is 0 Å². The Morgan fingerprint density at radius 3 is 2.38 bits per heavy atom. The van der Waals surface area contributed by atoms with Crippen molar-refractivity contribution in [2.45, 2.75) is 45.3 Å². The number of rotatable bonds is 8. The van der Waals surface area contributed by atoms with Crippen molar-refractivity contribution in [3.05, 3.63) is 59.3 Å². The van der Waals surface area contributed by atoms with E-state index in [0.717, 1.165) is 73.5 Å². The Labute approximate surface area is 191 Å². The molecule has 6 heteroatoms. The zero-order valence-corrected chi connectivity index (χ0v) is 19.8. The Bertz CT molecular complexity index is 1030. The van der Waals surface area contributed by atoms with Gasteiger partial charge in [-0.25, -0.2) is 0 Å². The molecule has 0 aliphatic carbocycles. The smallest absolute Gasteiger partial charge is 0.156 e. The minimum absolute atomic E-state index is 0.407. The summed E-state index contributed by atoms with van der Waals surface area (Å²) in [4.78, 5) is 4.75. The van der Waals surface area contributed by atoms with Gasteiger partial charge in [-0.05, 0) is 62.7 Å². The van der Waals surface area contributed by atoms with Crippen molar-refractivity contribution < 1.29 is 4.74 Å². The van der Waals surface area contributed by atoms with Crippen molar-refractivity contribution in [1.82, 2.24) is 20.0 Å². The Morgan fingerprint density at radius 1 is 1.00 bits per heavy atom. The fraction of sp³-hybridized carbons (Fsp3) is 0.462. The van der Waals surface area contributed by atoms with Crippen molar-refractivity contribution in [2.75, 3.05) is 39.6 Å². The van der Waals surface area contributed by atoms with Crippen LogP contribution in [0.25, 0.3) is 10.8 Å². The van der Waals surface area contributed by atoms with Crippen LogP contribution in [0.3, 0.4) is 0 Å². The highest BCUT2D eigenvalue weighted by atomic mass is 16.5. The van der Waals surface area contributed by atoms with E-state index in [1.807, 2.05) is 6.07 Å². The van der Waals surface area contributed by atoms with Gasteiger partial charge in [-0.3, -0.25) is 4.90 Å². The second-order valence-electron chi connectivity index (χ2n) is 9.01. The summed E-state index contributed by atoms with van der Waals surface area (Å²) >= 11 is 0. The lowest BCUT2D eigenvalue weighted by atomic mass is 10.0. The zero-order chi connectivity index (χ0) is 22.5. The minimum atomic E-state index is 0.407. The SMILES string of the molecule is CCc1nnc(NC2CCN(Cc3ccc(CN(C)C)cc3)CC2)c2cc(OC)ccc12. The average molecular weight is 434 g/mol. The van der Waals surface area contributed by atoms with Gasteiger partial charge in [-0.15, -0.1) is 5.10 Å². The minimum Gasteiger partial charge on any atom is -0.497 e. The topological polar surface area (TPSA) is 53.5 Å². The van der Waals surface area contributed by atoms with Gasteiger partial charge in [0, 0.05) is 43.0 Å². The van der Waals surface area contributed by atoms with Gasteiger partial charge in [0.15, 0.2) is 5.82 Å². The van der Waals surface area contributed by atoms with E-state index in [1.54, 1.807) is 7.11 Å². The predicted molar refractivity (Wildman–Crippen MR) is 131 cm³/mol. The number of nitrogens with zero attached hydrogens (tertiary/aromatic N) is 4. The fourth-order valence-electron chi connectivity index (χ4n) is 4.49. The summed E-state index contributed by atoms with van der Waals surface area (Å²) in [5.41, 5.74) is 3.78. The molecule has 0 atom stereocenters. The van der Waals surface area contributed by atoms with E-state index in [1.165, 1.54) is 11.1 Å². The molecule has 1 aliphatic heterocycles. The van der Waals surface area contributed by atoms with Crippen molar-refractivity contribution in [1.29, 1.82) is 0 Å². The third-order valence-electron chi connectivity index (χ3n) is 6.25. The molecule has 0 saturated carbocycles. The van der Waals surface area contributed by atoms with Gasteiger partial charge in [0.25, 0.3) is 0 Å². The van der Waals surface area contributed by atoms with Crippen molar-refractivity contribution in [2.24, 2.45) is 0 Å². The van der Waals surface area contributed by atoms with Gasteiger partial charge < -0.3 is 15.0 Å². The highest BCUT2D eigenvalue weighted by Crippen LogP contribution is 2.29. The molecule has 0 amide bonds. The molecule has 3 aromatic rings. The monoisotopic (exact) mass is 433 g/mol. The number of fused-ring (bicyclic) bond motifs is 1. The second-order valence-corrected chi connectivity index (χ2v) is 9.01. The van der Waals surface area contributed by atoms with E-state index in [9.17, 15) is 0 Å². The van der Waals surface area contributed by atoms with Crippen LogP contribution >= 0.6 is 0 Å². The number of aromatic nitrogens is 2. The van der Waals surface area contributed by atoms with Crippen LogP contribution in [0.4, 0.5) is 5.82 Å². The molecule has 1 fully saturated rings. The number of aryl methyl sites for hydroxylation is 1. The fourth-order valence-corrected chi connectivity index (χ4v) is 4.49. The number of anilines is 1. The van der Waals surface area contributed by atoms with E-state index in [4.69, 9.17) is 4.74 Å². The summed E-state index contributed by atoms with van der Waals surface area (Å²) in [6.07, 6.45) is 3.06. The first kappa shape index (κ1) is 22.5. The summed E-state index contributed by atoms with van der Waals surface area (Å²) in [7, 11) is 5.92. The van der Waals surface area contributed by atoms with Crippen molar-refractivity contribution in [3.8, 4) is 5.75 Å². The highest BCUT2D eigenvalue weighted by Gasteiger charge is 2.21. The molecule has 1 N–H and O–H groups in total. The number of ether oxygens (including phenoxy) is 1. The number of likely N-dealkylation sites (tertiary alicyclic amines) is 1. The van der Waals surface area contributed by atoms with E-state index in [0.29, 0.717) is 6.04 Å². The van der Waals surface area contributed by atoms with Crippen molar-refractivity contribution >= 4 is 16.6 Å². The standard InChI is InChI=1S/C26H35N5O/c1-5-25-23-11-10-22(32-4)16-24(23)26(29-28-25)27-21-12-14-31(15-13-21)18-20-8-6-19(7-9-20)17-30(2)3/h6-11,16,21H,5,12-15,17-18H2,1-4H3,(H,27,29). The van der Waals surface area contributed by atoms with Gasteiger partial charge in [-0.1, -0.05) is 31.2 Å². The first-order chi connectivity index (χ1) is 15.6. The van der Waals surface area contributed by atoms with Crippen LogP contribution in [-0.4, -0.2) is 60.3 Å². The maximum atomic E-state index is 5.45. The molecule has 0 radical (unpaired) electrons. The molecule has 1 aliphatic rings. The third-order valence-corrected chi connectivity index (χ3v) is 6.25. The lowest BCUT2D eigenvalue weighted by Crippen LogP contribution is -2.38.